The van der Waals surface area contributed by atoms with E-state index in [0.29, 0.717) is 0 Å². The molecule has 0 amide bonds. The third-order valence-corrected chi connectivity index (χ3v) is 6.61. The summed E-state index contributed by atoms with van der Waals surface area (Å²) in [5.41, 5.74) is 3.67. The fourth-order valence-electron chi connectivity index (χ4n) is 4.79. The Morgan fingerprint density at radius 3 is 2.21 bits per heavy atom. The Morgan fingerprint density at radius 1 is 0.971 bits per heavy atom. The van der Waals surface area contributed by atoms with Gasteiger partial charge in [0.15, 0.2) is 11.5 Å². The van der Waals surface area contributed by atoms with Gasteiger partial charge in [-0.15, -0.1) is 24.8 Å². The number of methoxy groups -OCH3 is 2. The molecule has 2 aromatic carbocycles. The fourth-order valence-corrected chi connectivity index (χ4v) is 4.79. The maximum atomic E-state index is 13.2. The number of hydrogen-bond acceptors (Lipinski definition) is 5. The molecule has 0 aliphatic carbocycles. The first-order valence-corrected chi connectivity index (χ1v) is 11.5. The summed E-state index contributed by atoms with van der Waals surface area (Å²) in [6.07, 6.45) is 1.94. The molecule has 1 saturated heterocycles. The van der Waals surface area contributed by atoms with Gasteiger partial charge in [0.05, 0.1) is 26.9 Å². The molecule has 0 saturated carbocycles. The van der Waals surface area contributed by atoms with Crippen LogP contribution < -0.4 is 14.4 Å². The number of piperazine rings is 1. The standard InChI is InChI=1S/C26H35FN2O3.2ClH/c1-26(2)17-19-15-24(30-3)25(31-4)16-22(19)23(32-18-26)9-10-28-11-13-29(14-12-28)21-7-5-20(27)6-8-21;;/h5-8,15-16,23H,9-14,17-18H2,1-4H3;2*1H. The zero-order valence-electron chi connectivity index (χ0n) is 20.5. The van der Waals surface area contributed by atoms with E-state index in [-0.39, 0.29) is 42.2 Å². The van der Waals surface area contributed by atoms with Crippen molar-refractivity contribution in [3.05, 3.63) is 53.3 Å². The van der Waals surface area contributed by atoms with Crippen molar-refractivity contribution in [1.82, 2.24) is 4.90 Å². The number of hydrogen-bond donors (Lipinski definition) is 0. The van der Waals surface area contributed by atoms with Crippen molar-refractivity contribution in [1.29, 1.82) is 0 Å². The minimum atomic E-state index is -0.187. The van der Waals surface area contributed by atoms with E-state index in [2.05, 4.69) is 35.8 Å². The van der Waals surface area contributed by atoms with Crippen LogP contribution in [0.15, 0.2) is 36.4 Å². The molecular formula is C26H37Cl2FN2O3. The second-order valence-electron chi connectivity index (χ2n) is 9.64. The molecular weight excluding hydrogens is 478 g/mol. The summed E-state index contributed by atoms with van der Waals surface area (Å²) < 4.78 is 30.8. The van der Waals surface area contributed by atoms with Crippen molar-refractivity contribution >= 4 is 30.5 Å². The second-order valence-corrected chi connectivity index (χ2v) is 9.64. The van der Waals surface area contributed by atoms with Gasteiger partial charge in [0.25, 0.3) is 0 Å². The van der Waals surface area contributed by atoms with Gasteiger partial charge in [-0.25, -0.2) is 4.39 Å². The molecule has 0 aromatic heterocycles. The van der Waals surface area contributed by atoms with Gasteiger partial charge >= 0.3 is 0 Å². The Labute approximate surface area is 215 Å². The molecule has 2 heterocycles. The first-order chi connectivity index (χ1) is 15.4. The lowest BCUT2D eigenvalue weighted by Crippen LogP contribution is -2.46. The molecule has 0 spiro atoms. The lowest BCUT2D eigenvalue weighted by atomic mass is 9.85. The van der Waals surface area contributed by atoms with Gasteiger partial charge in [-0.1, -0.05) is 13.8 Å². The molecule has 190 valence electrons. The molecule has 2 aliphatic rings. The van der Waals surface area contributed by atoms with Gasteiger partial charge in [0.2, 0.25) is 0 Å². The Hall–Kier alpha value is -1.73. The van der Waals surface area contributed by atoms with Crippen LogP contribution in [0.2, 0.25) is 0 Å². The first kappa shape index (κ1) is 28.5. The molecule has 1 unspecified atom stereocenters. The average molecular weight is 515 g/mol. The third kappa shape index (κ3) is 6.69. The van der Waals surface area contributed by atoms with Crippen LogP contribution in [0.5, 0.6) is 11.5 Å². The molecule has 0 N–H and O–H groups in total. The lowest BCUT2D eigenvalue weighted by molar-refractivity contribution is 0.000909. The smallest absolute Gasteiger partial charge is 0.161 e. The molecule has 1 fully saturated rings. The Morgan fingerprint density at radius 2 is 1.59 bits per heavy atom. The summed E-state index contributed by atoms with van der Waals surface area (Å²) >= 11 is 0. The van der Waals surface area contributed by atoms with E-state index in [1.54, 1.807) is 14.2 Å². The predicted octanol–water partition coefficient (Wildman–Crippen LogP) is 5.54. The largest absolute Gasteiger partial charge is 0.493 e. The van der Waals surface area contributed by atoms with Crippen molar-refractivity contribution in [2.75, 3.05) is 58.5 Å². The van der Waals surface area contributed by atoms with E-state index < -0.39 is 0 Å². The van der Waals surface area contributed by atoms with Gasteiger partial charge in [-0.05, 0) is 65.8 Å². The normalized spacial score (nSPS) is 19.8. The Balaban J connectivity index is 0.00000204. The number of halogens is 3. The molecule has 1 atom stereocenters. The highest BCUT2D eigenvalue weighted by Gasteiger charge is 2.31. The summed E-state index contributed by atoms with van der Waals surface area (Å²) in [5, 5.41) is 0. The van der Waals surface area contributed by atoms with Gasteiger partial charge in [-0.2, -0.15) is 0 Å². The average Bonchev–Trinajstić information content (AvgIpc) is 2.92. The number of ether oxygens (including phenoxy) is 3. The van der Waals surface area contributed by atoms with Gasteiger partial charge in [0, 0.05) is 38.4 Å². The highest BCUT2D eigenvalue weighted by atomic mass is 35.5. The van der Waals surface area contributed by atoms with E-state index in [1.807, 2.05) is 12.1 Å². The van der Waals surface area contributed by atoms with Crippen LogP contribution in [0.1, 0.15) is 37.5 Å². The maximum Gasteiger partial charge on any atom is 0.161 e. The van der Waals surface area contributed by atoms with Crippen molar-refractivity contribution in [2.24, 2.45) is 5.41 Å². The van der Waals surface area contributed by atoms with Crippen LogP contribution in [0, 0.1) is 11.2 Å². The highest BCUT2D eigenvalue weighted by Crippen LogP contribution is 2.41. The van der Waals surface area contributed by atoms with Crippen molar-refractivity contribution in [3.63, 3.8) is 0 Å². The van der Waals surface area contributed by atoms with Crippen LogP contribution in [0.25, 0.3) is 0 Å². The zero-order valence-corrected chi connectivity index (χ0v) is 22.1. The Kier molecular flexibility index (Phi) is 10.3. The van der Waals surface area contributed by atoms with Crippen LogP contribution in [0.3, 0.4) is 0 Å². The summed E-state index contributed by atoms with van der Waals surface area (Å²) in [6.45, 7) is 10.1. The number of anilines is 1. The topological polar surface area (TPSA) is 34.2 Å². The van der Waals surface area contributed by atoms with Gasteiger partial charge in [-0.3, -0.25) is 4.90 Å². The molecule has 2 aliphatic heterocycles. The summed E-state index contributed by atoms with van der Waals surface area (Å²) in [7, 11) is 3.37. The molecule has 2 aromatic rings. The van der Waals surface area contributed by atoms with E-state index in [4.69, 9.17) is 14.2 Å². The number of benzene rings is 2. The summed E-state index contributed by atoms with van der Waals surface area (Å²) in [6, 6.07) is 11.0. The van der Waals surface area contributed by atoms with E-state index in [0.717, 1.165) is 69.4 Å². The predicted molar refractivity (Wildman–Crippen MR) is 140 cm³/mol. The third-order valence-electron chi connectivity index (χ3n) is 6.61. The number of fused-ring (bicyclic) bond motifs is 1. The second kappa shape index (κ2) is 12.3. The fraction of sp³-hybridized carbons (Fsp3) is 0.538. The number of rotatable bonds is 6. The SMILES string of the molecule is COc1cc2c(cc1OC)C(CCN1CCN(c3ccc(F)cc3)CC1)OCC(C)(C)C2.Cl.Cl. The molecule has 4 rings (SSSR count). The van der Waals surface area contributed by atoms with E-state index in [1.165, 1.54) is 23.3 Å². The quantitative estimate of drug-likeness (QED) is 0.505. The molecule has 34 heavy (non-hydrogen) atoms. The minimum absolute atomic E-state index is 0. The van der Waals surface area contributed by atoms with Crippen molar-refractivity contribution in [2.45, 2.75) is 32.8 Å². The summed E-state index contributed by atoms with van der Waals surface area (Å²) in [4.78, 5) is 4.83. The molecule has 0 radical (unpaired) electrons. The van der Waals surface area contributed by atoms with Crippen molar-refractivity contribution in [3.8, 4) is 11.5 Å². The van der Waals surface area contributed by atoms with E-state index in [9.17, 15) is 4.39 Å². The summed E-state index contributed by atoms with van der Waals surface area (Å²) in [5.74, 6) is 1.35. The van der Waals surface area contributed by atoms with E-state index >= 15 is 0 Å². The monoisotopic (exact) mass is 514 g/mol. The van der Waals surface area contributed by atoms with Gasteiger partial charge < -0.3 is 19.1 Å². The molecule has 0 bridgehead atoms. The van der Waals surface area contributed by atoms with Crippen molar-refractivity contribution < 1.29 is 18.6 Å². The van der Waals surface area contributed by atoms with Gasteiger partial charge in [0.1, 0.15) is 5.82 Å². The minimum Gasteiger partial charge on any atom is -0.493 e. The zero-order chi connectivity index (χ0) is 22.7. The number of nitrogens with zero attached hydrogens (tertiary/aromatic N) is 2. The highest BCUT2D eigenvalue weighted by molar-refractivity contribution is 5.85. The lowest BCUT2D eigenvalue weighted by Gasteiger charge is -2.36. The van der Waals surface area contributed by atoms with Crippen LogP contribution in [-0.4, -0.2) is 58.5 Å². The maximum absolute atomic E-state index is 13.2. The molecule has 5 nitrogen and oxygen atoms in total. The first-order valence-electron chi connectivity index (χ1n) is 11.5. The van der Waals surface area contributed by atoms with Crippen LogP contribution >= 0.6 is 24.8 Å². The van der Waals surface area contributed by atoms with Crippen LogP contribution in [0.4, 0.5) is 10.1 Å². The van der Waals surface area contributed by atoms with Crippen LogP contribution in [-0.2, 0) is 11.2 Å². The molecule has 8 heteroatoms. The Bertz CT molecular complexity index is 919.